The number of nitrogens with two attached hydrogens (primary N) is 1. The fourth-order valence-electron chi connectivity index (χ4n) is 1.77. The first-order valence-electron chi connectivity index (χ1n) is 6.20. The second-order valence-electron chi connectivity index (χ2n) is 5.56. The lowest BCUT2D eigenvalue weighted by molar-refractivity contribution is 0.481. The third kappa shape index (κ3) is 3.42. The van der Waals surface area contributed by atoms with Crippen molar-refractivity contribution in [3.05, 3.63) is 53.1 Å². The van der Waals surface area contributed by atoms with Gasteiger partial charge in [0.15, 0.2) is 0 Å². The van der Waals surface area contributed by atoms with Gasteiger partial charge in [-0.25, -0.2) is 0 Å². The van der Waals surface area contributed by atoms with Crippen LogP contribution in [0.2, 0.25) is 5.02 Å². The highest BCUT2D eigenvalue weighted by Crippen LogP contribution is 2.32. The Morgan fingerprint density at radius 3 is 2.42 bits per heavy atom. The lowest BCUT2D eigenvalue weighted by atomic mass is 9.87. The molecule has 19 heavy (non-hydrogen) atoms. The minimum Gasteiger partial charge on any atom is -0.455 e. The first kappa shape index (κ1) is 13.8. The number of halogens is 1. The predicted octanol–water partition coefficient (Wildman–Crippen LogP) is 5.01. The highest BCUT2D eigenvalue weighted by Gasteiger charge is 2.14. The summed E-state index contributed by atoms with van der Waals surface area (Å²) in [5.74, 6) is 1.40. The van der Waals surface area contributed by atoms with E-state index in [9.17, 15) is 0 Å². The predicted molar refractivity (Wildman–Crippen MR) is 81.1 cm³/mol. The molecule has 100 valence electrons. The van der Waals surface area contributed by atoms with Gasteiger partial charge in [-0.1, -0.05) is 44.5 Å². The topological polar surface area (TPSA) is 35.2 Å². The molecule has 0 radical (unpaired) electrons. The van der Waals surface area contributed by atoms with Gasteiger partial charge in [0.1, 0.15) is 11.5 Å². The second-order valence-corrected chi connectivity index (χ2v) is 6.00. The van der Waals surface area contributed by atoms with E-state index in [1.165, 1.54) is 5.56 Å². The van der Waals surface area contributed by atoms with E-state index in [0.717, 1.165) is 5.75 Å². The molecule has 0 bridgehead atoms. The molecule has 0 atom stereocenters. The molecule has 0 heterocycles. The standard InChI is InChI=1S/C16H18ClNO/c1-16(2,3)11-5-4-6-13(9-11)19-15-8-7-12(17)10-14(15)18/h4-10H,18H2,1-3H3. The lowest BCUT2D eigenvalue weighted by Crippen LogP contribution is -2.10. The van der Waals surface area contributed by atoms with Gasteiger partial charge in [-0.2, -0.15) is 0 Å². The van der Waals surface area contributed by atoms with Gasteiger partial charge in [-0.05, 0) is 41.3 Å². The molecule has 0 aliphatic carbocycles. The van der Waals surface area contributed by atoms with Crippen LogP contribution in [0.1, 0.15) is 26.3 Å². The maximum absolute atomic E-state index is 5.88. The minimum atomic E-state index is 0.0882. The molecular formula is C16H18ClNO. The molecule has 0 saturated heterocycles. The van der Waals surface area contributed by atoms with Crippen LogP contribution in [0.4, 0.5) is 5.69 Å². The van der Waals surface area contributed by atoms with E-state index in [1.807, 2.05) is 18.2 Å². The fourth-order valence-corrected chi connectivity index (χ4v) is 1.95. The largest absolute Gasteiger partial charge is 0.455 e. The van der Waals surface area contributed by atoms with Gasteiger partial charge in [0.2, 0.25) is 0 Å². The van der Waals surface area contributed by atoms with Gasteiger partial charge in [-0.3, -0.25) is 0 Å². The normalized spacial score (nSPS) is 11.4. The van der Waals surface area contributed by atoms with E-state index in [4.69, 9.17) is 22.1 Å². The van der Waals surface area contributed by atoms with Crippen LogP contribution in [-0.2, 0) is 5.41 Å². The van der Waals surface area contributed by atoms with Crippen molar-refractivity contribution in [1.82, 2.24) is 0 Å². The molecule has 2 aromatic rings. The van der Waals surface area contributed by atoms with Gasteiger partial charge in [0.05, 0.1) is 5.69 Å². The van der Waals surface area contributed by atoms with Crippen molar-refractivity contribution in [2.24, 2.45) is 0 Å². The Bertz CT molecular complexity index is 588. The molecule has 0 aromatic heterocycles. The Labute approximate surface area is 119 Å². The van der Waals surface area contributed by atoms with Gasteiger partial charge in [-0.15, -0.1) is 0 Å². The van der Waals surface area contributed by atoms with Crippen LogP contribution in [-0.4, -0.2) is 0 Å². The zero-order valence-electron chi connectivity index (χ0n) is 11.4. The van der Waals surface area contributed by atoms with Gasteiger partial charge in [0.25, 0.3) is 0 Å². The number of hydrogen-bond acceptors (Lipinski definition) is 2. The highest BCUT2D eigenvalue weighted by molar-refractivity contribution is 6.30. The van der Waals surface area contributed by atoms with Crippen molar-refractivity contribution in [1.29, 1.82) is 0 Å². The van der Waals surface area contributed by atoms with Crippen LogP contribution in [0.15, 0.2) is 42.5 Å². The molecule has 0 unspecified atom stereocenters. The first-order valence-corrected chi connectivity index (χ1v) is 6.57. The molecule has 0 aliphatic heterocycles. The highest BCUT2D eigenvalue weighted by atomic mass is 35.5. The molecule has 2 aromatic carbocycles. The third-order valence-corrected chi connectivity index (χ3v) is 3.13. The van der Waals surface area contributed by atoms with E-state index in [1.54, 1.807) is 18.2 Å². The van der Waals surface area contributed by atoms with Crippen LogP contribution in [0, 0.1) is 0 Å². The quantitative estimate of drug-likeness (QED) is 0.782. The Hall–Kier alpha value is -1.67. The maximum atomic E-state index is 5.88. The fraction of sp³-hybridized carbons (Fsp3) is 0.250. The van der Waals surface area contributed by atoms with Crippen LogP contribution in [0.3, 0.4) is 0 Å². The third-order valence-electron chi connectivity index (χ3n) is 2.90. The van der Waals surface area contributed by atoms with E-state index in [-0.39, 0.29) is 5.41 Å². The number of anilines is 1. The molecular weight excluding hydrogens is 258 g/mol. The van der Waals surface area contributed by atoms with Crippen LogP contribution in [0.25, 0.3) is 0 Å². The summed E-state index contributed by atoms with van der Waals surface area (Å²) < 4.78 is 5.82. The van der Waals surface area contributed by atoms with Crippen molar-refractivity contribution in [2.45, 2.75) is 26.2 Å². The van der Waals surface area contributed by atoms with E-state index in [0.29, 0.717) is 16.5 Å². The molecule has 0 amide bonds. The molecule has 2 N–H and O–H groups in total. The summed E-state index contributed by atoms with van der Waals surface area (Å²) in [6.45, 7) is 6.51. The molecule has 2 rings (SSSR count). The molecule has 0 saturated carbocycles. The molecule has 0 spiro atoms. The summed E-state index contributed by atoms with van der Waals surface area (Å²) in [6, 6.07) is 13.3. The smallest absolute Gasteiger partial charge is 0.150 e. The average molecular weight is 276 g/mol. The van der Waals surface area contributed by atoms with E-state index >= 15 is 0 Å². The van der Waals surface area contributed by atoms with Crippen molar-refractivity contribution < 1.29 is 4.74 Å². The summed E-state index contributed by atoms with van der Waals surface area (Å²) in [6.07, 6.45) is 0. The Balaban J connectivity index is 2.29. The number of rotatable bonds is 2. The van der Waals surface area contributed by atoms with Crippen LogP contribution < -0.4 is 10.5 Å². The Kier molecular flexibility index (Phi) is 3.72. The molecule has 0 aliphatic rings. The van der Waals surface area contributed by atoms with Crippen molar-refractivity contribution in [3.8, 4) is 11.5 Å². The number of hydrogen-bond donors (Lipinski definition) is 1. The zero-order chi connectivity index (χ0) is 14.0. The first-order chi connectivity index (χ1) is 8.86. The van der Waals surface area contributed by atoms with E-state index in [2.05, 4.69) is 26.8 Å². The minimum absolute atomic E-state index is 0.0882. The number of ether oxygens (including phenoxy) is 1. The summed E-state index contributed by atoms with van der Waals surface area (Å²) in [4.78, 5) is 0. The van der Waals surface area contributed by atoms with Crippen molar-refractivity contribution in [3.63, 3.8) is 0 Å². The Morgan fingerprint density at radius 1 is 1.05 bits per heavy atom. The van der Waals surface area contributed by atoms with Crippen molar-refractivity contribution >= 4 is 17.3 Å². The SMILES string of the molecule is CC(C)(C)c1cccc(Oc2ccc(Cl)cc2N)c1. The average Bonchev–Trinajstić information content (AvgIpc) is 2.32. The summed E-state index contributed by atoms with van der Waals surface area (Å²) >= 11 is 5.87. The lowest BCUT2D eigenvalue weighted by Gasteiger charge is -2.20. The van der Waals surface area contributed by atoms with Crippen molar-refractivity contribution in [2.75, 3.05) is 5.73 Å². The summed E-state index contributed by atoms with van der Waals surface area (Å²) in [5.41, 5.74) is 7.73. The van der Waals surface area contributed by atoms with Gasteiger partial charge >= 0.3 is 0 Å². The summed E-state index contributed by atoms with van der Waals surface area (Å²) in [5, 5.41) is 0.605. The molecule has 3 heteroatoms. The van der Waals surface area contributed by atoms with Crippen LogP contribution in [0.5, 0.6) is 11.5 Å². The number of nitrogen functional groups attached to an aromatic ring is 1. The second kappa shape index (κ2) is 5.14. The maximum Gasteiger partial charge on any atom is 0.150 e. The van der Waals surface area contributed by atoms with Gasteiger partial charge in [0, 0.05) is 5.02 Å². The Morgan fingerprint density at radius 2 is 1.79 bits per heavy atom. The summed E-state index contributed by atoms with van der Waals surface area (Å²) in [7, 11) is 0. The van der Waals surface area contributed by atoms with Gasteiger partial charge < -0.3 is 10.5 Å². The monoisotopic (exact) mass is 275 g/mol. The number of benzene rings is 2. The zero-order valence-corrected chi connectivity index (χ0v) is 12.2. The molecule has 0 fully saturated rings. The van der Waals surface area contributed by atoms with Crippen LogP contribution >= 0.6 is 11.6 Å². The molecule has 2 nitrogen and oxygen atoms in total. The van der Waals surface area contributed by atoms with E-state index < -0.39 is 0 Å².